The molecule has 7 nitrogen and oxygen atoms in total. The third-order valence-corrected chi connectivity index (χ3v) is 5.09. The molecular weight excluding hydrogens is 420 g/mol. The molecular formula is C20H27BrN6O. The molecule has 8 heteroatoms. The van der Waals surface area contributed by atoms with Gasteiger partial charge in [0.1, 0.15) is 5.65 Å². The zero-order valence-corrected chi connectivity index (χ0v) is 18.2. The van der Waals surface area contributed by atoms with Crippen LogP contribution in [0.1, 0.15) is 56.7 Å². The fourth-order valence-electron chi connectivity index (χ4n) is 3.08. The van der Waals surface area contributed by atoms with Gasteiger partial charge in [0.15, 0.2) is 11.7 Å². The largest absolute Gasteiger partial charge is 0.359 e. The van der Waals surface area contributed by atoms with E-state index in [0.29, 0.717) is 19.0 Å². The number of pyridine rings is 1. The highest BCUT2D eigenvalue weighted by molar-refractivity contribution is 9.10. The molecule has 2 N–H and O–H groups in total. The monoisotopic (exact) mass is 446 g/mol. The Balaban J connectivity index is 1.63. The Morgan fingerprint density at radius 2 is 2.04 bits per heavy atom. The molecule has 0 saturated heterocycles. The second-order valence-electron chi connectivity index (χ2n) is 6.63. The number of imidazole rings is 1. The SMILES string of the molecule is CCNC(=NCc1cn2cc(Br)ccc2n1)NCc1cc(C(CC)CC)no1. The fourth-order valence-corrected chi connectivity index (χ4v) is 3.43. The smallest absolute Gasteiger partial charge is 0.192 e. The summed E-state index contributed by atoms with van der Waals surface area (Å²) < 4.78 is 8.48. The molecule has 3 heterocycles. The van der Waals surface area contributed by atoms with Crippen molar-refractivity contribution >= 4 is 27.5 Å². The van der Waals surface area contributed by atoms with E-state index in [-0.39, 0.29) is 0 Å². The molecule has 0 spiro atoms. The van der Waals surface area contributed by atoms with Gasteiger partial charge in [0.2, 0.25) is 0 Å². The normalized spacial score (nSPS) is 12.1. The first-order valence-electron chi connectivity index (χ1n) is 9.73. The van der Waals surface area contributed by atoms with Gasteiger partial charge >= 0.3 is 0 Å². The van der Waals surface area contributed by atoms with Gasteiger partial charge in [-0.2, -0.15) is 0 Å². The predicted molar refractivity (Wildman–Crippen MR) is 114 cm³/mol. The molecule has 150 valence electrons. The molecule has 0 amide bonds. The van der Waals surface area contributed by atoms with E-state index in [2.05, 4.69) is 55.5 Å². The molecule has 3 aromatic rings. The highest BCUT2D eigenvalue weighted by Gasteiger charge is 2.13. The van der Waals surface area contributed by atoms with E-state index in [1.54, 1.807) is 0 Å². The van der Waals surface area contributed by atoms with Crippen LogP contribution in [-0.4, -0.2) is 27.0 Å². The van der Waals surface area contributed by atoms with Crippen molar-refractivity contribution in [2.24, 2.45) is 4.99 Å². The topological polar surface area (TPSA) is 79.8 Å². The van der Waals surface area contributed by atoms with Crippen LogP contribution in [0.5, 0.6) is 0 Å². The molecule has 0 bridgehead atoms. The van der Waals surface area contributed by atoms with Crippen LogP contribution in [0.2, 0.25) is 0 Å². The van der Waals surface area contributed by atoms with Crippen molar-refractivity contribution in [1.29, 1.82) is 0 Å². The van der Waals surface area contributed by atoms with Crippen LogP contribution >= 0.6 is 15.9 Å². The zero-order chi connectivity index (χ0) is 19.9. The molecule has 0 saturated carbocycles. The number of aromatic nitrogens is 3. The van der Waals surface area contributed by atoms with Crippen molar-refractivity contribution in [1.82, 2.24) is 25.2 Å². The van der Waals surface area contributed by atoms with Crippen molar-refractivity contribution in [3.8, 4) is 0 Å². The third kappa shape index (κ3) is 5.13. The molecule has 0 unspecified atom stereocenters. The van der Waals surface area contributed by atoms with E-state index in [1.165, 1.54) is 0 Å². The Morgan fingerprint density at radius 1 is 1.21 bits per heavy atom. The molecule has 0 aliphatic rings. The van der Waals surface area contributed by atoms with Crippen molar-refractivity contribution in [2.45, 2.75) is 52.6 Å². The van der Waals surface area contributed by atoms with Gasteiger partial charge in [-0.15, -0.1) is 0 Å². The molecule has 3 rings (SSSR count). The van der Waals surface area contributed by atoms with Crippen LogP contribution in [-0.2, 0) is 13.1 Å². The van der Waals surface area contributed by atoms with Gasteiger partial charge in [0.25, 0.3) is 0 Å². The van der Waals surface area contributed by atoms with E-state index in [1.807, 2.05) is 41.9 Å². The van der Waals surface area contributed by atoms with E-state index >= 15 is 0 Å². The molecule has 0 fully saturated rings. The lowest BCUT2D eigenvalue weighted by Gasteiger charge is -2.09. The first-order chi connectivity index (χ1) is 13.6. The number of nitrogens with zero attached hydrogens (tertiary/aromatic N) is 4. The van der Waals surface area contributed by atoms with Crippen LogP contribution in [0.4, 0.5) is 0 Å². The average molecular weight is 447 g/mol. The fraction of sp³-hybridized carbons (Fsp3) is 0.450. The van der Waals surface area contributed by atoms with Crippen LogP contribution in [0, 0.1) is 0 Å². The summed E-state index contributed by atoms with van der Waals surface area (Å²) in [5.41, 5.74) is 2.84. The maximum absolute atomic E-state index is 5.48. The minimum atomic E-state index is 0.453. The first kappa shape index (κ1) is 20.4. The summed E-state index contributed by atoms with van der Waals surface area (Å²) in [5.74, 6) is 1.99. The Bertz CT molecular complexity index is 928. The quantitative estimate of drug-likeness (QED) is 0.399. The van der Waals surface area contributed by atoms with Gasteiger partial charge < -0.3 is 19.6 Å². The number of rotatable bonds is 8. The van der Waals surface area contributed by atoms with E-state index < -0.39 is 0 Å². The second-order valence-corrected chi connectivity index (χ2v) is 7.54. The number of halogens is 1. The van der Waals surface area contributed by atoms with Crippen LogP contribution < -0.4 is 10.6 Å². The standard InChI is InChI=1S/C20H27BrN6O/c1-4-14(5-2)18-9-17(28-26-18)11-24-20(22-6-3)23-10-16-13-27-12-15(21)7-8-19(27)25-16/h7-9,12-14H,4-6,10-11H2,1-3H3,(H2,22,23,24). The van der Waals surface area contributed by atoms with E-state index in [9.17, 15) is 0 Å². The number of nitrogens with one attached hydrogen (secondary N) is 2. The Kier molecular flexibility index (Phi) is 7.08. The van der Waals surface area contributed by atoms with Crippen molar-refractivity contribution in [3.05, 3.63) is 52.2 Å². The van der Waals surface area contributed by atoms with E-state index in [4.69, 9.17) is 4.52 Å². The third-order valence-electron chi connectivity index (χ3n) is 4.62. The molecule has 0 aliphatic carbocycles. The Hall–Kier alpha value is -2.35. The highest BCUT2D eigenvalue weighted by Crippen LogP contribution is 2.22. The lowest BCUT2D eigenvalue weighted by Crippen LogP contribution is -2.36. The average Bonchev–Trinajstić information content (AvgIpc) is 3.31. The summed E-state index contributed by atoms with van der Waals surface area (Å²) >= 11 is 3.48. The van der Waals surface area contributed by atoms with E-state index in [0.717, 1.165) is 52.6 Å². The molecule has 0 aliphatic heterocycles. The van der Waals surface area contributed by atoms with Crippen LogP contribution in [0.25, 0.3) is 5.65 Å². The summed E-state index contributed by atoms with van der Waals surface area (Å²) in [4.78, 5) is 9.23. The maximum Gasteiger partial charge on any atom is 0.192 e. The van der Waals surface area contributed by atoms with Gasteiger partial charge in [-0.1, -0.05) is 19.0 Å². The van der Waals surface area contributed by atoms with Crippen LogP contribution in [0.3, 0.4) is 0 Å². The summed E-state index contributed by atoms with van der Waals surface area (Å²) in [6, 6.07) is 5.99. The van der Waals surface area contributed by atoms with Crippen LogP contribution in [0.15, 0.2) is 44.6 Å². The second kappa shape index (κ2) is 9.73. The first-order valence-corrected chi connectivity index (χ1v) is 10.5. The maximum atomic E-state index is 5.48. The molecule has 0 radical (unpaired) electrons. The lowest BCUT2D eigenvalue weighted by atomic mass is 9.99. The number of aliphatic imine (C=N–C) groups is 1. The Morgan fingerprint density at radius 3 is 2.79 bits per heavy atom. The summed E-state index contributed by atoms with van der Waals surface area (Å²) in [5, 5.41) is 10.8. The number of guanidine groups is 1. The summed E-state index contributed by atoms with van der Waals surface area (Å²) in [7, 11) is 0. The zero-order valence-electron chi connectivity index (χ0n) is 16.6. The highest BCUT2D eigenvalue weighted by atomic mass is 79.9. The number of hydrogen-bond donors (Lipinski definition) is 2. The van der Waals surface area contributed by atoms with Crippen molar-refractivity contribution in [3.63, 3.8) is 0 Å². The summed E-state index contributed by atoms with van der Waals surface area (Å²) in [6.45, 7) is 8.20. The van der Waals surface area contributed by atoms with Gasteiger partial charge in [-0.05, 0) is 47.8 Å². The minimum absolute atomic E-state index is 0.453. The molecule has 0 atom stereocenters. The van der Waals surface area contributed by atoms with Gasteiger partial charge in [0, 0.05) is 35.4 Å². The van der Waals surface area contributed by atoms with Gasteiger partial charge in [0.05, 0.1) is 24.5 Å². The lowest BCUT2D eigenvalue weighted by molar-refractivity contribution is 0.368. The summed E-state index contributed by atoms with van der Waals surface area (Å²) in [6.07, 6.45) is 6.11. The number of fused-ring (bicyclic) bond motifs is 1. The number of hydrogen-bond acceptors (Lipinski definition) is 4. The predicted octanol–water partition coefficient (Wildman–Crippen LogP) is 4.24. The van der Waals surface area contributed by atoms with Gasteiger partial charge in [-0.3, -0.25) is 0 Å². The molecule has 3 aromatic heterocycles. The van der Waals surface area contributed by atoms with Crippen molar-refractivity contribution < 1.29 is 4.52 Å². The van der Waals surface area contributed by atoms with Crippen molar-refractivity contribution in [2.75, 3.05) is 6.54 Å². The minimum Gasteiger partial charge on any atom is -0.359 e. The van der Waals surface area contributed by atoms with Gasteiger partial charge in [-0.25, -0.2) is 9.98 Å². The Labute approximate surface area is 173 Å². The molecule has 28 heavy (non-hydrogen) atoms. The molecule has 0 aromatic carbocycles.